The van der Waals surface area contributed by atoms with Crippen molar-refractivity contribution in [2.75, 3.05) is 6.61 Å². The monoisotopic (exact) mass is 456 g/mol. The molecule has 0 unspecified atom stereocenters. The van der Waals surface area contributed by atoms with E-state index in [0.29, 0.717) is 31.2 Å². The number of benzene rings is 2. The molecule has 2 aromatic carbocycles. The molecule has 1 N–H and O–H groups in total. The van der Waals surface area contributed by atoms with Gasteiger partial charge in [-0.15, -0.1) is 0 Å². The van der Waals surface area contributed by atoms with E-state index in [4.69, 9.17) is 37.5 Å². The normalized spacial score (nSPS) is 10.9. The summed E-state index contributed by atoms with van der Waals surface area (Å²) in [5, 5.41) is 9.73. The van der Waals surface area contributed by atoms with Crippen molar-refractivity contribution in [3.63, 3.8) is 0 Å². The second-order valence-electron chi connectivity index (χ2n) is 5.35. The number of carbonyl (C=O) groups is 1. The van der Waals surface area contributed by atoms with Gasteiger partial charge in [-0.1, -0.05) is 29.3 Å². The molecule has 0 aliphatic carbocycles. The molecule has 3 aromatic rings. The van der Waals surface area contributed by atoms with Crippen LogP contribution in [0.4, 0.5) is 0 Å². The van der Waals surface area contributed by atoms with Gasteiger partial charge in [0.15, 0.2) is 11.0 Å². The zero-order valence-corrected chi connectivity index (χ0v) is 16.2. The quantitative estimate of drug-likeness (QED) is 0.556. The lowest BCUT2D eigenvalue weighted by Gasteiger charge is -2.11. The molecule has 0 amide bonds. The molecule has 1 heterocycles. The number of fused-ring (bicyclic) bond motifs is 1. The molecule has 8 heteroatoms. The average molecular weight is 458 g/mol. The molecule has 0 atom stereocenters. The number of carboxylic acid groups (broad SMARTS) is 1. The summed E-state index contributed by atoms with van der Waals surface area (Å²) in [6, 6.07) is 9.41. The van der Waals surface area contributed by atoms with Crippen molar-refractivity contribution < 1.29 is 19.1 Å². The summed E-state index contributed by atoms with van der Waals surface area (Å²) in [5.41, 5.74) is 0.444. The first-order valence-corrected chi connectivity index (χ1v) is 8.98. The minimum absolute atomic E-state index is 0.0114. The maximum atomic E-state index is 12.4. The summed E-state index contributed by atoms with van der Waals surface area (Å²) in [7, 11) is 0. The first-order valence-electron chi connectivity index (χ1n) is 7.43. The zero-order valence-electron chi connectivity index (χ0n) is 13.1. The number of hydrogen-bond donors (Lipinski definition) is 1. The molecule has 3 rings (SSSR count). The van der Waals surface area contributed by atoms with E-state index in [1.54, 1.807) is 30.3 Å². The van der Waals surface area contributed by atoms with E-state index in [2.05, 4.69) is 15.9 Å². The van der Waals surface area contributed by atoms with Gasteiger partial charge in [-0.2, -0.15) is 0 Å². The summed E-state index contributed by atoms with van der Waals surface area (Å²) in [6.07, 6.45) is -0.148. The Morgan fingerprint density at radius 3 is 2.69 bits per heavy atom. The van der Waals surface area contributed by atoms with Crippen LogP contribution in [0, 0.1) is 0 Å². The fourth-order valence-electron chi connectivity index (χ4n) is 2.35. The van der Waals surface area contributed by atoms with Gasteiger partial charge in [-0.25, -0.2) is 0 Å². The SMILES string of the molecule is O=C(O)CCOc1cc(-c2cc(=O)c3cccc(Cl)c3o2)c(Cl)cc1Br. The van der Waals surface area contributed by atoms with Crippen LogP contribution >= 0.6 is 39.1 Å². The van der Waals surface area contributed by atoms with Crippen LogP contribution in [0.5, 0.6) is 5.75 Å². The third kappa shape index (κ3) is 3.87. The predicted molar refractivity (Wildman–Crippen MR) is 103 cm³/mol. The molecule has 0 fully saturated rings. The second kappa shape index (κ2) is 7.70. The number of ether oxygens (including phenoxy) is 1. The van der Waals surface area contributed by atoms with Crippen LogP contribution in [0.25, 0.3) is 22.3 Å². The topological polar surface area (TPSA) is 76.7 Å². The Bertz CT molecular complexity index is 1060. The predicted octanol–water partition coefficient (Wildman–Crippen LogP) is 5.38. The fraction of sp³-hybridized carbons (Fsp3) is 0.111. The maximum Gasteiger partial charge on any atom is 0.306 e. The smallest absolute Gasteiger partial charge is 0.306 e. The van der Waals surface area contributed by atoms with E-state index < -0.39 is 5.97 Å². The summed E-state index contributed by atoms with van der Waals surface area (Å²) < 4.78 is 11.8. The van der Waals surface area contributed by atoms with Crippen molar-refractivity contribution in [2.24, 2.45) is 0 Å². The highest BCUT2D eigenvalue weighted by molar-refractivity contribution is 9.10. The van der Waals surface area contributed by atoms with Gasteiger partial charge in [0.25, 0.3) is 0 Å². The highest BCUT2D eigenvalue weighted by atomic mass is 79.9. The van der Waals surface area contributed by atoms with Crippen LogP contribution in [0.3, 0.4) is 0 Å². The Labute approximate surface area is 166 Å². The standard InChI is InChI=1S/C18H11BrCl2O5/c19-11-7-13(21)10(6-16(11)25-5-4-17(23)24)15-8-14(22)9-2-1-3-12(20)18(9)26-15/h1-3,6-8H,4-5H2,(H,23,24). The third-order valence-electron chi connectivity index (χ3n) is 3.57. The minimum atomic E-state index is -0.967. The minimum Gasteiger partial charge on any atom is -0.492 e. The first kappa shape index (κ1) is 18.8. The molecule has 0 aliphatic heterocycles. The van der Waals surface area contributed by atoms with Crippen molar-refractivity contribution in [3.8, 4) is 17.1 Å². The molecule has 0 saturated carbocycles. The number of aliphatic carboxylic acids is 1. The second-order valence-corrected chi connectivity index (χ2v) is 7.01. The summed E-state index contributed by atoms with van der Waals surface area (Å²) in [5.74, 6) is -0.353. The number of carboxylic acids is 1. The Hall–Kier alpha value is -2.02. The molecule has 5 nitrogen and oxygen atoms in total. The van der Waals surface area contributed by atoms with Crippen LogP contribution in [0.2, 0.25) is 10.0 Å². The van der Waals surface area contributed by atoms with E-state index in [9.17, 15) is 9.59 Å². The van der Waals surface area contributed by atoms with Crippen LogP contribution in [0.15, 0.2) is 50.1 Å². The maximum absolute atomic E-state index is 12.4. The molecule has 0 aliphatic rings. The summed E-state index contributed by atoms with van der Waals surface area (Å²) >= 11 is 15.7. The van der Waals surface area contributed by atoms with Crippen LogP contribution in [-0.2, 0) is 4.79 Å². The van der Waals surface area contributed by atoms with E-state index in [-0.39, 0.29) is 29.8 Å². The van der Waals surface area contributed by atoms with Gasteiger partial charge in [-0.05, 0) is 40.2 Å². The summed E-state index contributed by atoms with van der Waals surface area (Å²) in [4.78, 5) is 23.0. The van der Waals surface area contributed by atoms with E-state index in [1.807, 2.05) is 0 Å². The lowest BCUT2D eigenvalue weighted by Crippen LogP contribution is -2.05. The number of rotatable bonds is 5. The van der Waals surface area contributed by atoms with E-state index >= 15 is 0 Å². The molecule has 0 saturated heterocycles. The van der Waals surface area contributed by atoms with Crippen LogP contribution < -0.4 is 10.2 Å². The molecular weight excluding hydrogens is 447 g/mol. The number of para-hydroxylation sites is 1. The lowest BCUT2D eigenvalue weighted by atomic mass is 10.1. The highest BCUT2D eigenvalue weighted by Gasteiger charge is 2.15. The van der Waals surface area contributed by atoms with Crippen molar-refractivity contribution in [1.29, 1.82) is 0 Å². The first-order chi connectivity index (χ1) is 12.4. The van der Waals surface area contributed by atoms with E-state index in [0.717, 1.165) is 0 Å². The van der Waals surface area contributed by atoms with Gasteiger partial charge in [0.1, 0.15) is 11.5 Å². The number of halogens is 3. The molecule has 0 spiro atoms. The van der Waals surface area contributed by atoms with Crippen molar-refractivity contribution >= 4 is 56.1 Å². The van der Waals surface area contributed by atoms with Gasteiger partial charge in [-0.3, -0.25) is 9.59 Å². The molecule has 0 radical (unpaired) electrons. The Balaban J connectivity index is 2.08. The van der Waals surface area contributed by atoms with Gasteiger partial charge in [0.05, 0.1) is 32.9 Å². The number of hydrogen-bond acceptors (Lipinski definition) is 4. The van der Waals surface area contributed by atoms with E-state index in [1.165, 1.54) is 6.07 Å². The molecule has 1 aromatic heterocycles. The molecule has 0 bridgehead atoms. The van der Waals surface area contributed by atoms with Crippen LogP contribution in [0.1, 0.15) is 6.42 Å². The Kier molecular flexibility index (Phi) is 5.55. The Morgan fingerprint density at radius 2 is 1.96 bits per heavy atom. The van der Waals surface area contributed by atoms with Crippen molar-refractivity contribution in [3.05, 3.63) is 61.1 Å². The van der Waals surface area contributed by atoms with Gasteiger partial charge in [0.2, 0.25) is 0 Å². The zero-order chi connectivity index (χ0) is 18.8. The van der Waals surface area contributed by atoms with Crippen molar-refractivity contribution in [2.45, 2.75) is 6.42 Å². The molecule has 134 valence electrons. The van der Waals surface area contributed by atoms with Crippen molar-refractivity contribution in [1.82, 2.24) is 0 Å². The molecular formula is C18H11BrCl2O5. The largest absolute Gasteiger partial charge is 0.492 e. The van der Waals surface area contributed by atoms with Crippen LogP contribution in [-0.4, -0.2) is 17.7 Å². The van der Waals surface area contributed by atoms with Gasteiger partial charge >= 0.3 is 5.97 Å². The fourth-order valence-corrected chi connectivity index (χ4v) is 3.41. The summed E-state index contributed by atoms with van der Waals surface area (Å²) in [6.45, 7) is -0.0114. The average Bonchev–Trinajstić information content (AvgIpc) is 2.57. The highest BCUT2D eigenvalue weighted by Crippen LogP contribution is 2.38. The van der Waals surface area contributed by atoms with Gasteiger partial charge < -0.3 is 14.3 Å². The molecule has 26 heavy (non-hydrogen) atoms. The lowest BCUT2D eigenvalue weighted by molar-refractivity contribution is -0.137. The Morgan fingerprint density at radius 1 is 1.19 bits per heavy atom. The van der Waals surface area contributed by atoms with Gasteiger partial charge in [0, 0.05) is 11.6 Å². The third-order valence-corrected chi connectivity index (χ3v) is 4.80.